The number of thiazole rings is 1. The molecule has 2 aliphatic rings. The summed E-state index contributed by atoms with van der Waals surface area (Å²) in [7, 11) is 2.76. The number of nitrogens with one attached hydrogen (secondary N) is 1. The van der Waals surface area contributed by atoms with Crippen LogP contribution in [0.5, 0.6) is 0 Å². The van der Waals surface area contributed by atoms with Crippen molar-refractivity contribution in [3.8, 4) is 10.6 Å². The molecule has 220 valence electrons. The fourth-order valence-corrected chi connectivity index (χ4v) is 6.06. The molecular weight excluding hydrogens is 574 g/mol. The standard InChI is InChI=1S/C26H26F2N8O5S/c1-13(36-12-30-21-20(36)24(39)35(25(40)33(21)2)7-15(37)10-41-3)22(38)31-18-11-42-23(32-18)14-4-5-19(29-6-14)34-8-16-17(9-34)26(16,27)28/h4-6,11-13,16-17H,7-10H2,1-3H3,(H,31,38). The first-order valence-electron chi connectivity index (χ1n) is 13.0. The van der Waals surface area contributed by atoms with E-state index in [1.165, 1.54) is 36.4 Å². The Morgan fingerprint density at radius 1 is 1.21 bits per heavy atom. The number of Topliss-reactive ketones (excluding diaryl/α,β-unsaturated/α-hetero) is 1. The number of methoxy groups -OCH3 is 1. The number of carbonyl (C=O) groups is 2. The first-order chi connectivity index (χ1) is 20.0. The fraction of sp³-hybridized carbons (Fsp3) is 0.423. The van der Waals surface area contributed by atoms with Gasteiger partial charge in [-0.15, -0.1) is 11.3 Å². The molecule has 5 heterocycles. The van der Waals surface area contributed by atoms with Crippen molar-refractivity contribution in [2.75, 3.05) is 37.0 Å². The quantitative estimate of drug-likeness (QED) is 0.302. The lowest BCUT2D eigenvalue weighted by Gasteiger charge is -2.20. The van der Waals surface area contributed by atoms with E-state index in [0.717, 1.165) is 9.13 Å². The van der Waals surface area contributed by atoms with Gasteiger partial charge in [0.1, 0.15) is 29.3 Å². The number of nitrogens with zero attached hydrogens (tertiary/aromatic N) is 7. The van der Waals surface area contributed by atoms with Gasteiger partial charge in [-0.1, -0.05) is 0 Å². The van der Waals surface area contributed by atoms with E-state index >= 15 is 0 Å². The fourth-order valence-electron chi connectivity index (χ4n) is 5.32. The molecule has 1 aliphatic heterocycles. The topological polar surface area (TPSA) is 146 Å². The number of halogens is 2. The Labute approximate surface area is 240 Å². The van der Waals surface area contributed by atoms with Crippen LogP contribution >= 0.6 is 11.3 Å². The molecular formula is C26H26F2N8O5S. The monoisotopic (exact) mass is 600 g/mol. The second-order valence-electron chi connectivity index (χ2n) is 10.4. The van der Waals surface area contributed by atoms with Crippen LogP contribution < -0.4 is 21.5 Å². The van der Waals surface area contributed by atoms with Gasteiger partial charge in [-0.3, -0.25) is 23.5 Å². The first-order valence-corrected chi connectivity index (χ1v) is 13.9. The van der Waals surface area contributed by atoms with Gasteiger partial charge in [0.15, 0.2) is 16.9 Å². The molecule has 0 aromatic carbocycles. The number of aromatic nitrogens is 6. The number of anilines is 2. The Morgan fingerprint density at radius 2 is 1.95 bits per heavy atom. The number of rotatable bonds is 9. The lowest BCUT2D eigenvalue weighted by molar-refractivity contribution is -0.123. The van der Waals surface area contributed by atoms with Crippen molar-refractivity contribution in [1.82, 2.24) is 28.7 Å². The number of amides is 1. The number of imidazole rings is 1. The summed E-state index contributed by atoms with van der Waals surface area (Å²) in [4.78, 5) is 66.1. The number of pyridine rings is 1. The minimum Gasteiger partial charge on any atom is -0.377 e. The molecule has 2 fully saturated rings. The summed E-state index contributed by atoms with van der Waals surface area (Å²) >= 11 is 1.29. The van der Waals surface area contributed by atoms with Gasteiger partial charge in [-0.25, -0.2) is 28.5 Å². The minimum atomic E-state index is -2.55. The molecule has 6 rings (SSSR count). The number of alkyl halides is 2. The van der Waals surface area contributed by atoms with E-state index in [1.54, 1.807) is 24.6 Å². The van der Waals surface area contributed by atoms with Gasteiger partial charge in [-0.2, -0.15) is 0 Å². The van der Waals surface area contributed by atoms with E-state index in [0.29, 0.717) is 16.4 Å². The number of piperidine rings is 1. The second kappa shape index (κ2) is 10.2. The maximum atomic E-state index is 13.5. The van der Waals surface area contributed by atoms with E-state index in [9.17, 15) is 28.0 Å². The van der Waals surface area contributed by atoms with Crippen LogP contribution in [0.25, 0.3) is 21.7 Å². The SMILES string of the molecule is COCC(=O)Cn1c(=O)c2c(ncn2C(C)C(=O)Nc2csc(-c3ccc(N4CC5C(C4)C5(F)F)nc3)n2)n(C)c1=O. The predicted octanol–water partition coefficient (Wildman–Crippen LogP) is 1.53. The zero-order valence-corrected chi connectivity index (χ0v) is 23.6. The van der Waals surface area contributed by atoms with Gasteiger partial charge in [0, 0.05) is 44.4 Å². The summed E-state index contributed by atoms with van der Waals surface area (Å²) in [5.74, 6) is -3.77. The largest absolute Gasteiger partial charge is 0.377 e. The van der Waals surface area contributed by atoms with Crippen LogP contribution in [0.15, 0.2) is 39.6 Å². The van der Waals surface area contributed by atoms with E-state index in [1.807, 2.05) is 11.0 Å². The van der Waals surface area contributed by atoms with Crippen LogP contribution in [-0.2, 0) is 27.9 Å². The van der Waals surface area contributed by atoms with Crippen LogP contribution in [0, 0.1) is 11.8 Å². The molecule has 42 heavy (non-hydrogen) atoms. The van der Waals surface area contributed by atoms with E-state index in [2.05, 4.69) is 20.3 Å². The third-order valence-electron chi connectivity index (χ3n) is 7.77. The molecule has 0 bridgehead atoms. The third kappa shape index (κ3) is 4.59. The molecule has 16 heteroatoms. The molecule has 1 aliphatic carbocycles. The van der Waals surface area contributed by atoms with Crippen LogP contribution in [0.1, 0.15) is 13.0 Å². The zero-order chi connectivity index (χ0) is 29.9. The van der Waals surface area contributed by atoms with Crippen LogP contribution in [0.3, 0.4) is 0 Å². The van der Waals surface area contributed by atoms with E-state index in [-0.39, 0.29) is 36.7 Å². The van der Waals surface area contributed by atoms with Crippen molar-refractivity contribution in [2.24, 2.45) is 18.9 Å². The highest BCUT2D eigenvalue weighted by Crippen LogP contribution is 2.59. The third-order valence-corrected chi connectivity index (χ3v) is 8.66. The summed E-state index contributed by atoms with van der Waals surface area (Å²) in [5.41, 5.74) is -0.686. The lowest BCUT2D eigenvalue weighted by Crippen LogP contribution is -2.42. The first kappa shape index (κ1) is 27.8. The van der Waals surface area contributed by atoms with Gasteiger partial charge in [-0.05, 0) is 19.1 Å². The van der Waals surface area contributed by atoms with Crippen molar-refractivity contribution < 1.29 is 23.1 Å². The highest BCUT2D eigenvalue weighted by molar-refractivity contribution is 7.13. The summed E-state index contributed by atoms with van der Waals surface area (Å²) < 4.78 is 35.1. The molecule has 4 aromatic rings. The maximum Gasteiger partial charge on any atom is 0.332 e. The van der Waals surface area contributed by atoms with Crippen molar-refractivity contribution in [1.29, 1.82) is 0 Å². The second-order valence-corrected chi connectivity index (χ2v) is 11.3. The molecule has 1 N–H and O–H groups in total. The molecule has 1 saturated carbocycles. The molecule has 1 amide bonds. The van der Waals surface area contributed by atoms with Crippen molar-refractivity contribution >= 4 is 45.8 Å². The van der Waals surface area contributed by atoms with Crippen LogP contribution in [-0.4, -0.2) is 73.1 Å². The van der Waals surface area contributed by atoms with Gasteiger partial charge in [0.05, 0.1) is 24.7 Å². The Morgan fingerprint density at radius 3 is 2.62 bits per heavy atom. The zero-order valence-electron chi connectivity index (χ0n) is 22.8. The predicted molar refractivity (Wildman–Crippen MR) is 149 cm³/mol. The number of ether oxygens (including phenoxy) is 1. The molecule has 1 saturated heterocycles. The van der Waals surface area contributed by atoms with Gasteiger partial charge < -0.3 is 19.5 Å². The number of hydrogen-bond donors (Lipinski definition) is 1. The van der Waals surface area contributed by atoms with Crippen LogP contribution in [0.4, 0.5) is 20.4 Å². The number of aryl methyl sites for hydroxylation is 1. The van der Waals surface area contributed by atoms with Gasteiger partial charge >= 0.3 is 5.69 Å². The average Bonchev–Trinajstić information content (AvgIpc) is 3.55. The summed E-state index contributed by atoms with van der Waals surface area (Å²) in [6.45, 7) is 1.40. The van der Waals surface area contributed by atoms with E-state index < -0.39 is 53.3 Å². The molecule has 0 spiro atoms. The van der Waals surface area contributed by atoms with Crippen molar-refractivity contribution in [2.45, 2.75) is 25.4 Å². The number of ketones is 1. The molecule has 3 unspecified atom stereocenters. The van der Waals surface area contributed by atoms with Crippen LogP contribution in [0.2, 0.25) is 0 Å². The van der Waals surface area contributed by atoms with Crippen molar-refractivity contribution in [3.05, 3.63) is 50.9 Å². The smallest absolute Gasteiger partial charge is 0.332 e. The Hall–Kier alpha value is -4.31. The maximum absolute atomic E-state index is 13.5. The van der Waals surface area contributed by atoms with Crippen molar-refractivity contribution in [3.63, 3.8) is 0 Å². The minimum absolute atomic E-state index is 0.00544. The number of carbonyl (C=O) groups excluding carboxylic acids is 2. The van der Waals surface area contributed by atoms with E-state index in [4.69, 9.17) is 4.74 Å². The summed E-state index contributed by atoms with van der Waals surface area (Å²) in [6.07, 6.45) is 2.91. The molecule has 4 aromatic heterocycles. The average molecular weight is 601 g/mol. The van der Waals surface area contributed by atoms with Gasteiger partial charge in [0.25, 0.3) is 11.5 Å². The Kier molecular flexibility index (Phi) is 6.76. The Balaban J connectivity index is 1.17. The Bertz CT molecular complexity index is 1810. The summed E-state index contributed by atoms with van der Waals surface area (Å²) in [5, 5.41) is 4.99. The number of hydrogen-bond acceptors (Lipinski definition) is 10. The molecule has 0 radical (unpaired) electrons. The number of fused-ring (bicyclic) bond motifs is 2. The molecule has 3 atom stereocenters. The highest BCUT2D eigenvalue weighted by atomic mass is 32.1. The lowest BCUT2D eigenvalue weighted by atomic mass is 10.3. The molecule has 13 nitrogen and oxygen atoms in total. The summed E-state index contributed by atoms with van der Waals surface area (Å²) in [6, 6.07) is 2.66. The highest BCUT2D eigenvalue weighted by Gasteiger charge is 2.71. The normalized spacial score (nSPS) is 19.6. The van der Waals surface area contributed by atoms with Gasteiger partial charge in [0.2, 0.25) is 5.91 Å².